The summed E-state index contributed by atoms with van der Waals surface area (Å²) in [5.74, 6) is 0.847. The lowest BCUT2D eigenvalue weighted by atomic mass is 10.1. The third kappa shape index (κ3) is 4.09. The van der Waals surface area contributed by atoms with Crippen molar-refractivity contribution >= 4 is 17.2 Å². The van der Waals surface area contributed by atoms with Crippen LogP contribution in [0.5, 0.6) is 0 Å². The summed E-state index contributed by atoms with van der Waals surface area (Å²) < 4.78 is 0. The molecule has 3 aromatic rings. The van der Waals surface area contributed by atoms with Crippen molar-refractivity contribution in [1.82, 2.24) is 4.98 Å². The molecule has 0 bridgehead atoms. The van der Waals surface area contributed by atoms with Gasteiger partial charge in [-0.3, -0.25) is 0 Å². The SMILES string of the molecule is c1ccc(CCNc2ccc(Nc3ccccc3)nc2)cc1. The number of rotatable bonds is 6. The van der Waals surface area contributed by atoms with Crippen LogP contribution in [0.3, 0.4) is 0 Å². The van der Waals surface area contributed by atoms with E-state index in [1.54, 1.807) is 0 Å². The molecule has 1 aromatic heterocycles. The van der Waals surface area contributed by atoms with Gasteiger partial charge in [0.25, 0.3) is 0 Å². The maximum atomic E-state index is 4.43. The Morgan fingerprint density at radius 3 is 2.14 bits per heavy atom. The normalized spacial score (nSPS) is 10.2. The maximum absolute atomic E-state index is 4.43. The topological polar surface area (TPSA) is 37.0 Å². The zero-order chi connectivity index (χ0) is 15.0. The lowest BCUT2D eigenvalue weighted by molar-refractivity contribution is 1.02. The molecule has 2 aromatic carbocycles. The molecule has 3 heteroatoms. The van der Waals surface area contributed by atoms with Crippen LogP contribution < -0.4 is 10.6 Å². The van der Waals surface area contributed by atoms with Gasteiger partial charge in [-0.1, -0.05) is 48.5 Å². The van der Waals surface area contributed by atoms with Crippen molar-refractivity contribution in [2.24, 2.45) is 0 Å². The summed E-state index contributed by atoms with van der Waals surface area (Å²) in [6.45, 7) is 0.900. The Labute approximate surface area is 131 Å². The Morgan fingerprint density at radius 1 is 0.727 bits per heavy atom. The highest BCUT2D eigenvalue weighted by Gasteiger charge is 1.97. The van der Waals surface area contributed by atoms with Crippen molar-refractivity contribution in [2.45, 2.75) is 6.42 Å². The Bertz CT molecular complexity index is 679. The second-order valence-electron chi connectivity index (χ2n) is 5.09. The Hall–Kier alpha value is -2.81. The smallest absolute Gasteiger partial charge is 0.130 e. The lowest BCUT2D eigenvalue weighted by Crippen LogP contribution is -2.05. The summed E-state index contributed by atoms with van der Waals surface area (Å²) in [5.41, 5.74) is 3.42. The lowest BCUT2D eigenvalue weighted by Gasteiger charge is -2.08. The molecule has 3 nitrogen and oxygen atoms in total. The van der Waals surface area contributed by atoms with E-state index in [4.69, 9.17) is 0 Å². The van der Waals surface area contributed by atoms with Gasteiger partial charge in [0.05, 0.1) is 11.9 Å². The van der Waals surface area contributed by atoms with Crippen molar-refractivity contribution in [3.63, 3.8) is 0 Å². The molecule has 0 fully saturated rings. The molecule has 0 saturated heterocycles. The predicted molar refractivity (Wildman–Crippen MR) is 92.6 cm³/mol. The molecule has 0 saturated carbocycles. The van der Waals surface area contributed by atoms with Crippen molar-refractivity contribution in [3.05, 3.63) is 84.6 Å². The largest absolute Gasteiger partial charge is 0.383 e. The first-order valence-electron chi connectivity index (χ1n) is 7.46. The van der Waals surface area contributed by atoms with Gasteiger partial charge in [-0.2, -0.15) is 0 Å². The van der Waals surface area contributed by atoms with E-state index in [-0.39, 0.29) is 0 Å². The Kier molecular flexibility index (Phi) is 4.67. The van der Waals surface area contributed by atoms with E-state index in [0.717, 1.165) is 30.2 Å². The average molecular weight is 289 g/mol. The van der Waals surface area contributed by atoms with Crippen molar-refractivity contribution in [3.8, 4) is 0 Å². The zero-order valence-corrected chi connectivity index (χ0v) is 12.4. The number of para-hydroxylation sites is 1. The number of benzene rings is 2. The van der Waals surface area contributed by atoms with Crippen LogP contribution in [0.15, 0.2) is 79.0 Å². The second kappa shape index (κ2) is 7.27. The van der Waals surface area contributed by atoms with Crippen molar-refractivity contribution < 1.29 is 0 Å². The molecule has 0 spiro atoms. The quantitative estimate of drug-likeness (QED) is 0.702. The van der Waals surface area contributed by atoms with Crippen LogP contribution in [0.1, 0.15) is 5.56 Å². The minimum atomic E-state index is 0.847. The Balaban J connectivity index is 1.51. The average Bonchev–Trinajstić information content (AvgIpc) is 2.58. The van der Waals surface area contributed by atoms with Crippen LogP contribution in [0.2, 0.25) is 0 Å². The molecular formula is C19H19N3. The molecule has 0 aliphatic carbocycles. The molecular weight excluding hydrogens is 270 g/mol. The van der Waals surface area contributed by atoms with Gasteiger partial charge in [0.2, 0.25) is 0 Å². The maximum Gasteiger partial charge on any atom is 0.130 e. The monoisotopic (exact) mass is 289 g/mol. The van der Waals surface area contributed by atoms with E-state index in [0.29, 0.717) is 0 Å². The van der Waals surface area contributed by atoms with E-state index in [1.807, 2.05) is 54.7 Å². The number of pyridine rings is 1. The number of nitrogens with zero attached hydrogens (tertiary/aromatic N) is 1. The molecule has 0 atom stereocenters. The molecule has 1 heterocycles. The van der Waals surface area contributed by atoms with Crippen LogP contribution in [0, 0.1) is 0 Å². The molecule has 22 heavy (non-hydrogen) atoms. The summed E-state index contributed by atoms with van der Waals surface area (Å²) in [4.78, 5) is 4.43. The first-order valence-corrected chi connectivity index (χ1v) is 7.46. The second-order valence-corrected chi connectivity index (χ2v) is 5.09. The molecule has 0 unspecified atom stereocenters. The van der Waals surface area contributed by atoms with E-state index >= 15 is 0 Å². The molecule has 2 N–H and O–H groups in total. The third-order valence-corrected chi connectivity index (χ3v) is 3.40. The van der Waals surface area contributed by atoms with Gasteiger partial charge >= 0.3 is 0 Å². The van der Waals surface area contributed by atoms with E-state index in [2.05, 4.69) is 39.9 Å². The molecule has 0 aliphatic rings. The molecule has 0 amide bonds. The minimum absolute atomic E-state index is 0.847. The molecule has 110 valence electrons. The van der Waals surface area contributed by atoms with E-state index < -0.39 is 0 Å². The fraction of sp³-hybridized carbons (Fsp3) is 0.105. The van der Waals surface area contributed by atoms with Gasteiger partial charge in [-0.05, 0) is 36.2 Å². The molecule has 3 rings (SSSR count). The van der Waals surface area contributed by atoms with Gasteiger partial charge in [0.15, 0.2) is 0 Å². The summed E-state index contributed by atoms with van der Waals surface area (Å²) >= 11 is 0. The third-order valence-electron chi connectivity index (χ3n) is 3.40. The minimum Gasteiger partial charge on any atom is -0.383 e. The highest BCUT2D eigenvalue weighted by Crippen LogP contribution is 2.15. The van der Waals surface area contributed by atoms with Gasteiger partial charge in [-0.15, -0.1) is 0 Å². The summed E-state index contributed by atoms with van der Waals surface area (Å²) in [5, 5.41) is 6.67. The van der Waals surface area contributed by atoms with Crippen molar-refractivity contribution in [2.75, 3.05) is 17.2 Å². The summed E-state index contributed by atoms with van der Waals surface area (Å²) in [6, 6.07) is 24.5. The van der Waals surface area contributed by atoms with Crippen LogP contribution in [-0.4, -0.2) is 11.5 Å². The fourth-order valence-corrected chi connectivity index (χ4v) is 2.24. The van der Waals surface area contributed by atoms with Crippen LogP contribution in [-0.2, 0) is 6.42 Å². The summed E-state index contributed by atoms with van der Waals surface area (Å²) in [7, 11) is 0. The summed E-state index contributed by atoms with van der Waals surface area (Å²) in [6.07, 6.45) is 2.86. The highest BCUT2D eigenvalue weighted by molar-refractivity contribution is 5.57. The predicted octanol–water partition coefficient (Wildman–Crippen LogP) is 4.48. The standard InChI is InChI=1S/C19H19N3/c1-3-7-16(8-4-1)13-14-20-18-11-12-19(21-15-18)22-17-9-5-2-6-10-17/h1-12,15,20H,13-14H2,(H,21,22). The molecule has 0 aliphatic heterocycles. The van der Waals surface area contributed by atoms with Gasteiger partial charge in [0, 0.05) is 12.2 Å². The Morgan fingerprint density at radius 2 is 1.45 bits per heavy atom. The fourth-order valence-electron chi connectivity index (χ4n) is 2.24. The number of anilines is 3. The van der Waals surface area contributed by atoms with Gasteiger partial charge < -0.3 is 10.6 Å². The first-order chi connectivity index (χ1) is 10.9. The van der Waals surface area contributed by atoms with Gasteiger partial charge in [-0.25, -0.2) is 4.98 Å². The zero-order valence-electron chi connectivity index (χ0n) is 12.4. The molecule has 0 radical (unpaired) electrons. The number of aromatic nitrogens is 1. The van der Waals surface area contributed by atoms with Crippen molar-refractivity contribution in [1.29, 1.82) is 0 Å². The number of nitrogens with one attached hydrogen (secondary N) is 2. The van der Waals surface area contributed by atoms with Gasteiger partial charge in [0.1, 0.15) is 5.82 Å². The van der Waals surface area contributed by atoms with E-state index in [9.17, 15) is 0 Å². The van der Waals surface area contributed by atoms with Crippen LogP contribution >= 0.6 is 0 Å². The highest BCUT2D eigenvalue weighted by atomic mass is 15.0. The number of hydrogen-bond acceptors (Lipinski definition) is 3. The number of hydrogen-bond donors (Lipinski definition) is 2. The van der Waals surface area contributed by atoms with Crippen LogP contribution in [0.4, 0.5) is 17.2 Å². The first kappa shape index (κ1) is 14.1. The van der Waals surface area contributed by atoms with Crippen LogP contribution in [0.25, 0.3) is 0 Å². The van der Waals surface area contributed by atoms with E-state index in [1.165, 1.54) is 5.56 Å².